The van der Waals surface area contributed by atoms with Crippen LogP contribution in [-0.2, 0) is 19.4 Å². The second-order valence-corrected chi connectivity index (χ2v) is 2.65. The monoisotopic (exact) mass is 163 g/mol. The van der Waals surface area contributed by atoms with Crippen molar-refractivity contribution in [3.05, 3.63) is 17.5 Å². The van der Waals surface area contributed by atoms with Crippen molar-refractivity contribution in [2.45, 2.75) is 33.2 Å². The number of aromatic nitrogens is 2. The predicted molar refractivity (Wildman–Crippen MR) is 46.6 cm³/mol. The summed E-state index contributed by atoms with van der Waals surface area (Å²) >= 11 is 0. The van der Waals surface area contributed by atoms with E-state index >= 15 is 0 Å². The molecule has 0 saturated carbocycles. The molecule has 0 saturated heterocycles. The van der Waals surface area contributed by atoms with E-state index in [2.05, 4.69) is 31.1 Å². The Labute approximate surface area is 72.6 Å². The van der Waals surface area contributed by atoms with E-state index in [-0.39, 0.29) is 0 Å². The quantitative estimate of drug-likeness (QED) is 0.678. The summed E-state index contributed by atoms with van der Waals surface area (Å²) in [6.07, 6.45) is 1.88. The fourth-order valence-electron chi connectivity index (χ4n) is 1.18. The lowest BCUT2D eigenvalue weighted by Gasteiger charge is -1.97. The lowest BCUT2D eigenvalue weighted by molar-refractivity contribution is 0.659. The molecule has 1 aromatic rings. The summed E-state index contributed by atoms with van der Waals surface area (Å²) in [4.78, 5) is 0. The Morgan fingerprint density at radius 1 is 1.50 bits per heavy atom. The molecule has 1 heterocycles. The summed E-state index contributed by atoms with van der Waals surface area (Å²) in [7, 11) is 0. The average Bonchev–Trinajstić information content (AvgIpc) is 2.48. The van der Waals surface area contributed by atoms with Crippen molar-refractivity contribution in [2.75, 3.05) is 0 Å². The molecule has 3 nitrogen and oxygen atoms in total. The Hall–Kier alpha value is -1.30. The zero-order chi connectivity index (χ0) is 8.97. The van der Waals surface area contributed by atoms with Gasteiger partial charge in [0.1, 0.15) is 6.54 Å². The lowest BCUT2D eigenvalue weighted by atomic mass is 10.3. The highest BCUT2D eigenvalue weighted by atomic mass is 15.3. The molecule has 0 aliphatic carbocycles. The van der Waals surface area contributed by atoms with E-state index in [4.69, 9.17) is 5.26 Å². The molecule has 1 aromatic heterocycles. The maximum Gasteiger partial charge on any atom is 0.128 e. The number of nitrogens with zero attached hydrogens (tertiary/aromatic N) is 3. The Morgan fingerprint density at radius 2 is 2.25 bits per heavy atom. The molecule has 0 aromatic carbocycles. The molecular weight excluding hydrogens is 150 g/mol. The van der Waals surface area contributed by atoms with Gasteiger partial charge in [0.15, 0.2) is 0 Å². The van der Waals surface area contributed by atoms with Gasteiger partial charge in [0.2, 0.25) is 0 Å². The van der Waals surface area contributed by atoms with Crippen LogP contribution in [0.3, 0.4) is 0 Å². The number of hydrogen-bond acceptors (Lipinski definition) is 2. The van der Waals surface area contributed by atoms with Crippen molar-refractivity contribution in [2.24, 2.45) is 0 Å². The molecule has 0 N–H and O–H groups in total. The first-order valence-corrected chi connectivity index (χ1v) is 4.24. The van der Waals surface area contributed by atoms with Crippen LogP contribution < -0.4 is 0 Å². The highest BCUT2D eigenvalue weighted by Gasteiger charge is 2.03. The van der Waals surface area contributed by atoms with E-state index in [1.807, 2.05) is 0 Å². The number of hydrogen-bond donors (Lipinski definition) is 0. The van der Waals surface area contributed by atoms with Gasteiger partial charge in [-0.15, -0.1) is 0 Å². The molecule has 64 valence electrons. The summed E-state index contributed by atoms with van der Waals surface area (Å²) in [5.74, 6) is 0. The minimum absolute atomic E-state index is 0.364. The van der Waals surface area contributed by atoms with Crippen molar-refractivity contribution in [3.63, 3.8) is 0 Å². The highest BCUT2D eigenvalue weighted by Crippen LogP contribution is 2.05. The summed E-state index contributed by atoms with van der Waals surface area (Å²) in [6.45, 7) is 4.51. The van der Waals surface area contributed by atoms with E-state index in [0.29, 0.717) is 6.54 Å². The first-order chi connectivity index (χ1) is 5.81. The van der Waals surface area contributed by atoms with E-state index in [1.54, 1.807) is 4.68 Å². The van der Waals surface area contributed by atoms with Gasteiger partial charge in [0.05, 0.1) is 11.8 Å². The van der Waals surface area contributed by atoms with Crippen LogP contribution in [0.1, 0.15) is 25.2 Å². The van der Waals surface area contributed by atoms with E-state index in [9.17, 15) is 0 Å². The number of rotatable bonds is 3. The van der Waals surface area contributed by atoms with Gasteiger partial charge in [-0.25, -0.2) is 0 Å². The molecule has 0 bridgehead atoms. The largest absolute Gasteiger partial charge is 0.255 e. The molecule has 0 amide bonds. The Kier molecular flexibility index (Phi) is 2.87. The first-order valence-electron chi connectivity index (χ1n) is 4.24. The van der Waals surface area contributed by atoms with E-state index in [0.717, 1.165) is 24.2 Å². The van der Waals surface area contributed by atoms with Crippen molar-refractivity contribution in [1.82, 2.24) is 9.78 Å². The summed E-state index contributed by atoms with van der Waals surface area (Å²) in [6, 6.07) is 4.16. The minimum atomic E-state index is 0.364. The van der Waals surface area contributed by atoms with Gasteiger partial charge >= 0.3 is 0 Å². The van der Waals surface area contributed by atoms with E-state index < -0.39 is 0 Å². The average molecular weight is 163 g/mol. The second kappa shape index (κ2) is 3.91. The van der Waals surface area contributed by atoms with Gasteiger partial charge in [-0.05, 0) is 18.9 Å². The van der Waals surface area contributed by atoms with Gasteiger partial charge in [-0.1, -0.05) is 13.8 Å². The molecule has 12 heavy (non-hydrogen) atoms. The molecule has 0 spiro atoms. The molecule has 0 fully saturated rings. The Morgan fingerprint density at radius 3 is 2.75 bits per heavy atom. The molecule has 0 unspecified atom stereocenters. The van der Waals surface area contributed by atoms with Crippen LogP contribution in [0.2, 0.25) is 0 Å². The molecule has 0 radical (unpaired) electrons. The van der Waals surface area contributed by atoms with Crippen molar-refractivity contribution >= 4 is 0 Å². The van der Waals surface area contributed by atoms with Crippen LogP contribution in [0.15, 0.2) is 6.07 Å². The fraction of sp³-hybridized carbons (Fsp3) is 0.556. The van der Waals surface area contributed by atoms with Crippen LogP contribution >= 0.6 is 0 Å². The van der Waals surface area contributed by atoms with Gasteiger partial charge < -0.3 is 0 Å². The smallest absolute Gasteiger partial charge is 0.128 e. The standard InChI is InChI=1S/C9H13N3/c1-3-8-7-9(4-2)12(11-8)6-5-10/h7H,3-4,6H2,1-2H3. The van der Waals surface area contributed by atoms with Crippen molar-refractivity contribution in [3.8, 4) is 6.07 Å². The minimum Gasteiger partial charge on any atom is -0.255 e. The van der Waals surface area contributed by atoms with Crippen molar-refractivity contribution in [1.29, 1.82) is 5.26 Å². The third-order valence-corrected chi connectivity index (χ3v) is 1.86. The van der Waals surface area contributed by atoms with Crippen LogP contribution in [0.5, 0.6) is 0 Å². The predicted octanol–water partition coefficient (Wildman–Crippen LogP) is 1.53. The highest BCUT2D eigenvalue weighted by molar-refractivity contribution is 5.10. The van der Waals surface area contributed by atoms with E-state index in [1.165, 1.54) is 0 Å². The Balaban J connectivity index is 2.93. The van der Waals surface area contributed by atoms with Crippen LogP contribution in [0, 0.1) is 11.3 Å². The van der Waals surface area contributed by atoms with Gasteiger partial charge in [0, 0.05) is 5.69 Å². The third-order valence-electron chi connectivity index (χ3n) is 1.86. The SMILES string of the molecule is CCc1cc(CC)n(CC#N)n1. The topological polar surface area (TPSA) is 41.6 Å². The molecule has 0 aliphatic heterocycles. The third kappa shape index (κ3) is 1.65. The van der Waals surface area contributed by atoms with Crippen LogP contribution in [0.25, 0.3) is 0 Å². The van der Waals surface area contributed by atoms with Gasteiger partial charge in [-0.2, -0.15) is 10.4 Å². The summed E-state index contributed by atoms with van der Waals surface area (Å²) in [5, 5.41) is 12.8. The molecular formula is C9H13N3. The molecule has 0 aliphatic rings. The molecule has 0 atom stereocenters. The zero-order valence-corrected chi connectivity index (χ0v) is 7.54. The number of aryl methyl sites for hydroxylation is 2. The van der Waals surface area contributed by atoms with Crippen LogP contribution in [-0.4, -0.2) is 9.78 Å². The molecule has 1 rings (SSSR count). The maximum atomic E-state index is 8.51. The normalized spacial score (nSPS) is 9.75. The van der Waals surface area contributed by atoms with Gasteiger partial charge in [0.25, 0.3) is 0 Å². The fourth-order valence-corrected chi connectivity index (χ4v) is 1.18. The lowest BCUT2D eigenvalue weighted by Crippen LogP contribution is -2.02. The number of nitriles is 1. The van der Waals surface area contributed by atoms with Crippen LogP contribution in [0.4, 0.5) is 0 Å². The maximum absolute atomic E-state index is 8.51. The first kappa shape index (κ1) is 8.79. The summed E-state index contributed by atoms with van der Waals surface area (Å²) < 4.78 is 1.78. The Bertz CT molecular complexity index is 293. The summed E-state index contributed by atoms with van der Waals surface area (Å²) in [5.41, 5.74) is 2.22. The molecule has 3 heteroatoms. The second-order valence-electron chi connectivity index (χ2n) is 2.65. The van der Waals surface area contributed by atoms with Crippen molar-refractivity contribution < 1.29 is 0 Å². The van der Waals surface area contributed by atoms with Gasteiger partial charge in [-0.3, -0.25) is 4.68 Å². The zero-order valence-electron chi connectivity index (χ0n) is 7.54.